The summed E-state index contributed by atoms with van der Waals surface area (Å²) >= 11 is 0. The molecule has 0 radical (unpaired) electrons. The summed E-state index contributed by atoms with van der Waals surface area (Å²) in [6, 6.07) is 13.0. The first kappa shape index (κ1) is 16.3. The molecule has 0 saturated carbocycles. The zero-order chi connectivity index (χ0) is 17.9. The van der Waals surface area contributed by atoms with Crippen LogP contribution in [-0.2, 0) is 4.79 Å². The van der Waals surface area contributed by atoms with Crippen LogP contribution in [0.25, 0.3) is 5.69 Å². The van der Waals surface area contributed by atoms with Gasteiger partial charge in [-0.05, 0) is 58.8 Å². The van der Waals surface area contributed by atoms with Gasteiger partial charge in [0.15, 0.2) is 0 Å². The summed E-state index contributed by atoms with van der Waals surface area (Å²) in [6.07, 6.45) is 2.07. The number of halogens is 1. The number of aromatic nitrogens is 4. The van der Waals surface area contributed by atoms with E-state index in [4.69, 9.17) is 0 Å². The van der Waals surface area contributed by atoms with Gasteiger partial charge in [-0.1, -0.05) is 12.1 Å². The quantitative estimate of drug-likeness (QED) is 0.655. The summed E-state index contributed by atoms with van der Waals surface area (Å²) in [5.74, 6) is -0.420. The molecular formula is C17H16FN7O. The number of nitrogens with zero attached hydrogens (tertiary/aromatic N) is 4. The van der Waals surface area contributed by atoms with Crippen molar-refractivity contribution in [1.82, 2.24) is 31.1 Å². The van der Waals surface area contributed by atoms with Crippen LogP contribution >= 0.6 is 0 Å². The lowest BCUT2D eigenvalue weighted by molar-refractivity contribution is -0.117. The number of amides is 1. The van der Waals surface area contributed by atoms with E-state index in [0.29, 0.717) is 12.1 Å². The van der Waals surface area contributed by atoms with Crippen LogP contribution in [0.15, 0.2) is 54.9 Å². The SMILES string of the molecule is O=C(Nc1ccc(-n2cnnn2)cc1)C1CC(c2ccc(F)cc2)NN1. The fourth-order valence-electron chi connectivity index (χ4n) is 2.85. The zero-order valence-corrected chi connectivity index (χ0v) is 13.6. The van der Waals surface area contributed by atoms with Crippen molar-refractivity contribution in [3.63, 3.8) is 0 Å². The lowest BCUT2D eigenvalue weighted by Gasteiger charge is -2.11. The minimum atomic E-state index is -0.385. The molecule has 26 heavy (non-hydrogen) atoms. The minimum Gasteiger partial charge on any atom is -0.325 e. The highest BCUT2D eigenvalue weighted by Crippen LogP contribution is 2.23. The van der Waals surface area contributed by atoms with Gasteiger partial charge in [0.05, 0.1) is 5.69 Å². The third-order valence-electron chi connectivity index (χ3n) is 4.24. The molecule has 1 aromatic heterocycles. The molecule has 8 nitrogen and oxygen atoms in total. The van der Waals surface area contributed by atoms with Gasteiger partial charge in [0, 0.05) is 11.7 Å². The van der Waals surface area contributed by atoms with E-state index in [0.717, 1.165) is 11.3 Å². The molecule has 1 amide bonds. The molecule has 2 unspecified atom stereocenters. The third-order valence-corrected chi connectivity index (χ3v) is 4.24. The maximum Gasteiger partial charge on any atom is 0.242 e. The highest BCUT2D eigenvalue weighted by molar-refractivity contribution is 5.95. The van der Waals surface area contributed by atoms with Crippen LogP contribution < -0.4 is 16.2 Å². The first-order valence-electron chi connectivity index (χ1n) is 8.10. The van der Waals surface area contributed by atoms with E-state index in [2.05, 4.69) is 31.7 Å². The van der Waals surface area contributed by atoms with E-state index in [1.165, 1.54) is 23.1 Å². The Kier molecular flexibility index (Phi) is 4.38. The van der Waals surface area contributed by atoms with Gasteiger partial charge in [-0.25, -0.2) is 19.9 Å². The predicted molar refractivity (Wildman–Crippen MR) is 91.6 cm³/mol. The second kappa shape index (κ2) is 6.98. The monoisotopic (exact) mass is 353 g/mol. The van der Waals surface area contributed by atoms with Crippen LogP contribution in [0.4, 0.5) is 10.1 Å². The van der Waals surface area contributed by atoms with Crippen molar-refractivity contribution in [2.45, 2.75) is 18.5 Å². The summed E-state index contributed by atoms with van der Waals surface area (Å²) in [7, 11) is 0. The molecular weight excluding hydrogens is 337 g/mol. The number of rotatable bonds is 4. The molecule has 4 rings (SSSR count). The number of nitrogens with one attached hydrogen (secondary N) is 3. The second-order valence-electron chi connectivity index (χ2n) is 5.97. The minimum absolute atomic E-state index is 0.0476. The maximum atomic E-state index is 13.0. The Labute approximate surface area is 148 Å². The summed E-state index contributed by atoms with van der Waals surface area (Å²) in [4.78, 5) is 12.4. The Balaban J connectivity index is 1.37. The van der Waals surface area contributed by atoms with Crippen LogP contribution in [0.2, 0.25) is 0 Å². The standard InChI is InChI=1S/C17H16FN7O/c18-12-3-1-11(2-4-12)15-9-16(22-21-15)17(26)20-13-5-7-14(8-6-13)25-10-19-23-24-25/h1-8,10,15-16,21-22H,9H2,(H,20,26). The molecule has 2 heterocycles. The predicted octanol–water partition coefficient (Wildman–Crippen LogP) is 1.35. The Morgan fingerprint density at radius 3 is 2.58 bits per heavy atom. The number of tetrazole rings is 1. The van der Waals surface area contributed by atoms with Crippen LogP contribution in [0.3, 0.4) is 0 Å². The zero-order valence-electron chi connectivity index (χ0n) is 13.6. The molecule has 2 aromatic carbocycles. The summed E-state index contributed by atoms with van der Waals surface area (Å²) in [5.41, 5.74) is 8.47. The summed E-state index contributed by atoms with van der Waals surface area (Å²) < 4.78 is 14.6. The van der Waals surface area contributed by atoms with E-state index in [9.17, 15) is 9.18 Å². The van der Waals surface area contributed by atoms with Crippen molar-refractivity contribution >= 4 is 11.6 Å². The first-order chi connectivity index (χ1) is 12.7. The molecule has 132 valence electrons. The van der Waals surface area contributed by atoms with Crippen molar-refractivity contribution in [2.75, 3.05) is 5.32 Å². The van der Waals surface area contributed by atoms with Gasteiger partial charge >= 0.3 is 0 Å². The summed E-state index contributed by atoms with van der Waals surface area (Å²) in [6.45, 7) is 0. The highest BCUT2D eigenvalue weighted by atomic mass is 19.1. The normalized spacial score (nSPS) is 19.4. The van der Waals surface area contributed by atoms with Gasteiger partial charge < -0.3 is 5.32 Å². The number of hydrogen-bond donors (Lipinski definition) is 3. The van der Waals surface area contributed by atoms with E-state index in [1.807, 2.05) is 12.1 Å². The number of hydrogen-bond acceptors (Lipinski definition) is 6. The van der Waals surface area contributed by atoms with Gasteiger partial charge in [0.2, 0.25) is 5.91 Å². The van der Waals surface area contributed by atoms with Crippen molar-refractivity contribution in [2.24, 2.45) is 0 Å². The van der Waals surface area contributed by atoms with Crippen LogP contribution in [0.5, 0.6) is 0 Å². The molecule has 1 aliphatic heterocycles. The van der Waals surface area contributed by atoms with Gasteiger partial charge in [0.1, 0.15) is 18.2 Å². The van der Waals surface area contributed by atoms with Crippen LogP contribution in [0, 0.1) is 5.82 Å². The van der Waals surface area contributed by atoms with Crippen LogP contribution in [-0.4, -0.2) is 32.2 Å². The number of anilines is 1. The average molecular weight is 353 g/mol. The fourth-order valence-corrected chi connectivity index (χ4v) is 2.85. The fraction of sp³-hybridized carbons (Fsp3) is 0.176. The Morgan fingerprint density at radius 1 is 1.12 bits per heavy atom. The van der Waals surface area contributed by atoms with Gasteiger partial charge in [-0.2, -0.15) is 0 Å². The number of hydrazine groups is 1. The summed E-state index contributed by atoms with van der Waals surface area (Å²) in [5, 5.41) is 13.9. The molecule has 0 aliphatic carbocycles. The van der Waals surface area contributed by atoms with E-state index < -0.39 is 0 Å². The largest absolute Gasteiger partial charge is 0.325 e. The molecule has 1 aliphatic rings. The Morgan fingerprint density at radius 2 is 1.88 bits per heavy atom. The van der Waals surface area contributed by atoms with Crippen molar-refractivity contribution in [1.29, 1.82) is 0 Å². The lowest BCUT2D eigenvalue weighted by atomic mass is 10.0. The molecule has 0 bridgehead atoms. The molecule has 1 fully saturated rings. The van der Waals surface area contributed by atoms with Crippen molar-refractivity contribution in [3.8, 4) is 5.69 Å². The molecule has 3 aromatic rings. The Bertz CT molecular complexity index is 880. The van der Waals surface area contributed by atoms with Crippen LogP contribution in [0.1, 0.15) is 18.0 Å². The number of carbonyl (C=O) groups is 1. The van der Waals surface area contributed by atoms with E-state index >= 15 is 0 Å². The van der Waals surface area contributed by atoms with E-state index in [1.54, 1.807) is 24.3 Å². The third kappa shape index (κ3) is 3.44. The molecule has 3 N–H and O–H groups in total. The number of benzene rings is 2. The van der Waals surface area contributed by atoms with E-state index in [-0.39, 0.29) is 23.8 Å². The maximum absolute atomic E-state index is 13.0. The van der Waals surface area contributed by atoms with Gasteiger partial charge in [-0.3, -0.25) is 4.79 Å². The molecule has 1 saturated heterocycles. The van der Waals surface area contributed by atoms with Crippen molar-refractivity contribution in [3.05, 3.63) is 66.2 Å². The lowest BCUT2D eigenvalue weighted by Crippen LogP contribution is -2.39. The molecule has 2 atom stereocenters. The van der Waals surface area contributed by atoms with Crippen molar-refractivity contribution < 1.29 is 9.18 Å². The first-order valence-corrected chi connectivity index (χ1v) is 8.10. The second-order valence-corrected chi connectivity index (χ2v) is 5.97. The van der Waals surface area contributed by atoms with Gasteiger partial charge in [0.25, 0.3) is 0 Å². The topological polar surface area (TPSA) is 96.8 Å². The number of carbonyl (C=O) groups excluding carboxylic acids is 1. The molecule has 0 spiro atoms. The molecule has 9 heteroatoms. The Hall–Kier alpha value is -3.17. The highest BCUT2D eigenvalue weighted by Gasteiger charge is 2.30. The average Bonchev–Trinajstić information content (AvgIpc) is 3.35. The smallest absolute Gasteiger partial charge is 0.242 e. The van der Waals surface area contributed by atoms with Gasteiger partial charge in [-0.15, -0.1) is 5.10 Å².